The molecule has 0 radical (unpaired) electrons. The van der Waals surface area contributed by atoms with Crippen LogP contribution in [-0.4, -0.2) is 85.8 Å². The van der Waals surface area contributed by atoms with E-state index in [1.165, 1.54) is 6.20 Å². The van der Waals surface area contributed by atoms with Gasteiger partial charge >= 0.3 is 0 Å². The van der Waals surface area contributed by atoms with Gasteiger partial charge in [0.1, 0.15) is 40.7 Å². The lowest BCUT2D eigenvalue weighted by Gasteiger charge is -2.43. The fraction of sp³-hybridized carbons (Fsp3) is 0.535. The average Bonchev–Trinajstić information content (AvgIpc) is 3.20. The van der Waals surface area contributed by atoms with Crippen molar-refractivity contribution in [2.75, 3.05) is 41.5 Å². The van der Waals surface area contributed by atoms with Crippen LogP contribution in [0.3, 0.4) is 0 Å². The van der Waals surface area contributed by atoms with Crippen molar-refractivity contribution in [2.45, 2.75) is 117 Å². The number of nitrogens with one attached hydrogen (secondary N) is 4. The van der Waals surface area contributed by atoms with Crippen LogP contribution in [0.1, 0.15) is 95.4 Å². The van der Waals surface area contributed by atoms with Gasteiger partial charge in [-0.3, -0.25) is 4.98 Å². The Hall–Kier alpha value is -5.84. The van der Waals surface area contributed by atoms with Crippen molar-refractivity contribution in [3.05, 3.63) is 71.4 Å². The summed E-state index contributed by atoms with van der Waals surface area (Å²) in [5, 5.41) is 43.3. The third kappa shape index (κ3) is 11.6. The maximum absolute atomic E-state index is 10.4. The number of anilines is 4. The van der Waals surface area contributed by atoms with E-state index >= 15 is 0 Å². The quantitative estimate of drug-likeness (QED) is 0.0742. The molecule has 5 atom stereocenters. The van der Waals surface area contributed by atoms with E-state index < -0.39 is 6.29 Å². The number of rotatable bonds is 17. The molecule has 59 heavy (non-hydrogen) atoms. The van der Waals surface area contributed by atoms with Crippen molar-refractivity contribution in [3.8, 4) is 23.8 Å². The summed E-state index contributed by atoms with van der Waals surface area (Å²) >= 11 is 0. The van der Waals surface area contributed by atoms with Gasteiger partial charge in [0.25, 0.3) is 0 Å². The standard InChI is InChI=1S/C43H56N12O4/c1-27(59-37-18-28(11-14-47-37)12-15-48-40-50-24-30(21-44)38(54-40)52-32-7-9-35(56)42(2,3)19-32)58-36-10-8-33(20-43(36,4)5)53-39-31(22-45)25-51-41(55-39)49-16-13-29-17-34(57-6)26-46-23-29/h11,14,17-18,23-27,32-33,35-36,56H,7-10,12-13,15-16,19-20H2,1-6H3,(H2,48,50,52,54)(H2,49,51,53,55)/t27?,32-,33-,35+,36+/m1/s1. The van der Waals surface area contributed by atoms with Gasteiger partial charge in [-0.2, -0.15) is 20.5 Å². The Labute approximate surface area is 346 Å². The number of aromatic nitrogens is 6. The summed E-state index contributed by atoms with van der Waals surface area (Å²) in [4.78, 5) is 26.6. The minimum Gasteiger partial charge on any atom is -0.495 e. The second-order valence-electron chi connectivity index (χ2n) is 16.8. The highest BCUT2D eigenvalue weighted by Crippen LogP contribution is 2.40. The molecule has 312 valence electrons. The predicted octanol–water partition coefficient (Wildman–Crippen LogP) is 6.27. The zero-order valence-corrected chi connectivity index (χ0v) is 34.8. The van der Waals surface area contributed by atoms with E-state index in [-0.39, 0.29) is 35.1 Å². The number of hydrogen-bond acceptors (Lipinski definition) is 16. The van der Waals surface area contributed by atoms with Gasteiger partial charge in [-0.05, 0) is 92.4 Å². The van der Waals surface area contributed by atoms with Crippen molar-refractivity contribution < 1.29 is 19.3 Å². The zero-order valence-electron chi connectivity index (χ0n) is 34.8. The number of aliphatic hydroxyl groups excluding tert-OH is 1. The highest BCUT2D eigenvalue weighted by molar-refractivity contribution is 5.55. The number of hydrogen-bond donors (Lipinski definition) is 5. The fourth-order valence-corrected chi connectivity index (χ4v) is 7.89. The lowest BCUT2D eigenvalue weighted by Crippen LogP contribution is -2.45. The van der Waals surface area contributed by atoms with E-state index in [0.717, 1.165) is 43.2 Å². The summed E-state index contributed by atoms with van der Waals surface area (Å²) in [6, 6.07) is 10.4. The average molecular weight is 805 g/mol. The Bertz CT molecular complexity index is 2120. The fourth-order valence-electron chi connectivity index (χ4n) is 7.89. The SMILES string of the molecule is COc1cncc(CCNc2ncc(C#N)c(N[C@@H]3CC[C@H](OC(C)Oc4cc(CCNc5ncc(C#N)c(N[C@@H]6CC[C@H](O)C(C)(C)C6)n5)ccn4)C(C)(C)C3)n2)c1. The molecule has 0 aliphatic heterocycles. The van der Waals surface area contributed by atoms with Crippen LogP contribution < -0.4 is 30.7 Å². The molecular weight excluding hydrogens is 749 g/mol. The van der Waals surface area contributed by atoms with E-state index in [0.29, 0.717) is 78.6 Å². The van der Waals surface area contributed by atoms with Crippen molar-refractivity contribution in [3.63, 3.8) is 0 Å². The predicted molar refractivity (Wildman–Crippen MR) is 224 cm³/mol. The number of aliphatic hydroxyl groups is 1. The molecule has 6 rings (SSSR count). The smallest absolute Gasteiger partial charge is 0.224 e. The Balaban J connectivity index is 0.966. The summed E-state index contributed by atoms with van der Waals surface area (Å²) in [5.74, 6) is 3.07. The van der Waals surface area contributed by atoms with Crippen LogP contribution in [0.15, 0.2) is 49.2 Å². The normalized spacial score (nSPS) is 21.2. The van der Waals surface area contributed by atoms with E-state index in [1.807, 2.05) is 25.1 Å². The van der Waals surface area contributed by atoms with Crippen molar-refractivity contribution >= 4 is 23.5 Å². The molecule has 5 N–H and O–H groups in total. The lowest BCUT2D eigenvalue weighted by molar-refractivity contribution is -0.156. The van der Waals surface area contributed by atoms with Crippen LogP contribution in [0.4, 0.5) is 23.5 Å². The van der Waals surface area contributed by atoms with Crippen molar-refractivity contribution in [2.24, 2.45) is 10.8 Å². The van der Waals surface area contributed by atoms with E-state index in [1.54, 1.807) is 31.9 Å². The van der Waals surface area contributed by atoms with Crippen LogP contribution in [0, 0.1) is 33.5 Å². The first kappa shape index (κ1) is 42.8. The Morgan fingerprint density at radius 1 is 0.797 bits per heavy atom. The second-order valence-corrected chi connectivity index (χ2v) is 16.8. The molecular formula is C43H56N12O4. The summed E-state index contributed by atoms with van der Waals surface area (Å²) < 4.78 is 17.9. The molecule has 2 fully saturated rings. The minimum absolute atomic E-state index is 0.0601. The van der Waals surface area contributed by atoms with Gasteiger partial charge in [-0.1, -0.05) is 27.7 Å². The second kappa shape index (κ2) is 19.3. The number of nitriles is 2. The van der Waals surface area contributed by atoms with Gasteiger partial charge in [0, 0.05) is 43.6 Å². The largest absolute Gasteiger partial charge is 0.495 e. The highest BCUT2D eigenvalue weighted by atomic mass is 16.7. The molecule has 1 unspecified atom stereocenters. The molecule has 16 heteroatoms. The third-order valence-corrected chi connectivity index (χ3v) is 11.2. The lowest BCUT2D eigenvalue weighted by atomic mass is 9.72. The van der Waals surface area contributed by atoms with Gasteiger partial charge in [0.2, 0.25) is 17.8 Å². The molecule has 0 bridgehead atoms. The summed E-state index contributed by atoms with van der Waals surface area (Å²) in [6.07, 6.45) is 13.4. The van der Waals surface area contributed by atoms with Crippen molar-refractivity contribution in [1.29, 1.82) is 10.5 Å². The third-order valence-electron chi connectivity index (χ3n) is 11.2. The molecule has 4 aromatic rings. The number of ether oxygens (including phenoxy) is 3. The first-order chi connectivity index (χ1) is 28.3. The molecule has 4 heterocycles. The molecule has 0 amide bonds. The van der Waals surface area contributed by atoms with E-state index in [9.17, 15) is 15.6 Å². The Kier molecular flexibility index (Phi) is 14.0. The highest BCUT2D eigenvalue weighted by Gasteiger charge is 2.39. The maximum Gasteiger partial charge on any atom is 0.224 e. The zero-order chi connectivity index (χ0) is 42.0. The van der Waals surface area contributed by atoms with Crippen LogP contribution in [0.5, 0.6) is 11.6 Å². The molecule has 0 saturated heterocycles. The van der Waals surface area contributed by atoms with Gasteiger partial charge in [0.15, 0.2) is 6.29 Å². The minimum atomic E-state index is -0.533. The number of nitrogens with zero attached hydrogens (tertiary/aromatic N) is 8. The monoisotopic (exact) mass is 804 g/mol. The number of pyridine rings is 2. The topological polar surface area (TPSA) is 221 Å². The van der Waals surface area contributed by atoms with Crippen molar-refractivity contribution in [1.82, 2.24) is 29.9 Å². The summed E-state index contributed by atoms with van der Waals surface area (Å²) in [5.41, 5.74) is 2.41. The van der Waals surface area contributed by atoms with Crippen LogP contribution in [0.2, 0.25) is 0 Å². The molecule has 4 aromatic heterocycles. The van der Waals surface area contributed by atoms with Gasteiger partial charge in [0.05, 0.1) is 37.9 Å². The Morgan fingerprint density at radius 3 is 2.00 bits per heavy atom. The van der Waals surface area contributed by atoms with Gasteiger partial charge in [-0.25, -0.2) is 15.0 Å². The van der Waals surface area contributed by atoms with E-state index in [2.05, 4.69) is 91.0 Å². The van der Waals surface area contributed by atoms with Crippen LogP contribution >= 0.6 is 0 Å². The summed E-state index contributed by atoms with van der Waals surface area (Å²) in [7, 11) is 1.62. The molecule has 2 aliphatic rings. The molecule has 0 aromatic carbocycles. The maximum atomic E-state index is 10.4. The number of methoxy groups -OCH3 is 1. The molecule has 0 spiro atoms. The summed E-state index contributed by atoms with van der Waals surface area (Å²) in [6.45, 7) is 11.5. The van der Waals surface area contributed by atoms with Gasteiger partial charge in [-0.15, -0.1) is 0 Å². The van der Waals surface area contributed by atoms with Crippen LogP contribution in [0.25, 0.3) is 0 Å². The van der Waals surface area contributed by atoms with E-state index in [4.69, 9.17) is 14.2 Å². The molecule has 16 nitrogen and oxygen atoms in total. The first-order valence-corrected chi connectivity index (χ1v) is 20.3. The molecule has 2 saturated carbocycles. The van der Waals surface area contributed by atoms with Crippen LogP contribution in [-0.2, 0) is 17.6 Å². The first-order valence-electron chi connectivity index (χ1n) is 20.3. The Morgan fingerprint density at radius 2 is 1.41 bits per heavy atom. The van der Waals surface area contributed by atoms with Gasteiger partial charge < -0.3 is 40.6 Å². The molecule has 2 aliphatic carbocycles.